The van der Waals surface area contributed by atoms with Crippen molar-refractivity contribution in [2.24, 2.45) is 0 Å². The zero-order valence-corrected chi connectivity index (χ0v) is 59.5. The van der Waals surface area contributed by atoms with Gasteiger partial charge < -0.3 is 74.4 Å². The molecule has 0 saturated carbocycles. The molecule has 2 aliphatic heterocycles. The lowest BCUT2D eigenvalue weighted by molar-refractivity contribution is -0.289. The number of unbranched alkanes of at least 4 members (excludes halogenated alkanes) is 34. The summed E-state index contributed by atoms with van der Waals surface area (Å²) in [6, 6.07) is -2.91. The number of phosphoric acid groups is 1. The van der Waals surface area contributed by atoms with E-state index in [2.05, 4.69) is 38.3 Å². The lowest BCUT2D eigenvalue weighted by Gasteiger charge is -2.47. The van der Waals surface area contributed by atoms with E-state index in [0.717, 1.165) is 103 Å². The van der Waals surface area contributed by atoms with Crippen molar-refractivity contribution < 1.29 is 92.0 Å². The molecule has 0 radical (unpaired) electrons. The standard InChI is InChI=1S/C71H135N2O19P/c1-6-10-14-18-22-26-27-31-35-39-43-47-62(79)89-58(46-42-38-34-30-25-21-17-13-9-4)49-51-87-68-64(72-55(5)75)71(91-59(53-74)66(68)92-93(83,84)85)88-54-60-65(80)67(86-50-48-56(76)44-40-36-32-28-23-19-15-11-7-2)63(69(90-60)70(81)82)73-61(78)52-57(77)45-41-37-33-29-24-20-16-12-8-3/h56-60,63-69,71,74,76-77,80H,6-54H2,1-5H3,(H,72,75)(H,73,78)(H,81,82)(H2,83,84,85)/t56-,57-,58-,59-,60-,63-,64-,65-,66-,67-,68-,69+,71-/m1/s1. The number of carbonyl (C=O) groups is 4. The molecule has 13 atom stereocenters. The van der Waals surface area contributed by atoms with Crippen LogP contribution in [0.4, 0.5) is 0 Å². The van der Waals surface area contributed by atoms with Crippen molar-refractivity contribution in [3.8, 4) is 0 Å². The fourth-order valence-corrected chi connectivity index (χ4v) is 13.4. The van der Waals surface area contributed by atoms with Crippen LogP contribution in [-0.4, -0.2) is 165 Å². The fourth-order valence-electron chi connectivity index (χ4n) is 12.8. The minimum Gasteiger partial charge on any atom is -0.479 e. The SMILES string of the molecule is CCCCCCCCCCCCCC(=O)O[C@H](CCCCCCCCCCC)CCO[C@@H]1[C@@H](NC(C)=O)[C@H](OC[C@H]2O[C@H](C(=O)O)[C@H](NC(=O)C[C@H](O)CCCCCCCCCCC)[C@@H](OCC[C@H](O)CCCCCCCCCCC)[C@@H]2O)O[C@H](CO)[C@H]1OP(=O)(O)O. The Labute approximate surface area is 561 Å². The molecule has 0 aliphatic carbocycles. The molecule has 0 aromatic heterocycles. The van der Waals surface area contributed by atoms with Gasteiger partial charge in [0.15, 0.2) is 12.4 Å². The molecule has 2 saturated heterocycles. The second-order valence-electron chi connectivity index (χ2n) is 26.9. The number of hydrogen-bond acceptors (Lipinski definition) is 16. The van der Waals surface area contributed by atoms with Crippen LogP contribution in [0.25, 0.3) is 0 Å². The summed E-state index contributed by atoms with van der Waals surface area (Å²) in [7, 11) is -5.35. The highest BCUT2D eigenvalue weighted by Crippen LogP contribution is 2.42. The summed E-state index contributed by atoms with van der Waals surface area (Å²) >= 11 is 0. The second-order valence-corrected chi connectivity index (χ2v) is 28.1. The van der Waals surface area contributed by atoms with Gasteiger partial charge in [0.2, 0.25) is 11.8 Å². The quantitative estimate of drug-likeness (QED) is 0.0155. The number of phosphoric ester groups is 1. The molecule has 9 N–H and O–H groups in total. The van der Waals surface area contributed by atoms with Gasteiger partial charge >= 0.3 is 19.8 Å². The summed E-state index contributed by atoms with van der Waals surface area (Å²) in [4.78, 5) is 73.7. The van der Waals surface area contributed by atoms with Crippen LogP contribution in [0.3, 0.4) is 0 Å². The Balaban J connectivity index is 2.35. The van der Waals surface area contributed by atoms with Gasteiger partial charge in [-0.3, -0.25) is 18.9 Å². The van der Waals surface area contributed by atoms with E-state index in [-0.39, 0.29) is 44.9 Å². The maximum Gasteiger partial charge on any atom is 0.470 e. The highest BCUT2D eigenvalue weighted by atomic mass is 31.2. The Kier molecular flexibility index (Phi) is 51.8. The molecule has 2 heterocycles. The van der Waals surface area contributed by atoms with Crippen molar-refractivity contribution >= 4 is 31.6 Å². The van der Waals surface area contributed by atoms with E-state index in [0.29, 0.717) is 32.1 Å². The van der Waals surface area contributed by atoms with Crippen molar-refractivity contribution in [1.29, 1.82) is 0 Å². The topological polar surface area (TPSA) is 316 Å². The van der Waals surface area contributed by atoms with E-state index in [1.807, 2.05) is 0 Å². The maximum absolute atomic E-state index is 13.7. The van der Waals surface area contributed by atoms with Gasteiger partial charge in [0.05, 0.1) is 44.5 Å². The molecule has 0 spiro atoms. The monoisotopic (exact) mass is 1350 g/mol. The van der Waals surface area contributed by atoms with Gasteiger partial charge in [-0.25, -0.2) is 9.36 Å². The van der Waals surface area contributed by atoms with Gasteiger partial charge in [0.25, 0.3) is 0 Å². The molecule has 0 aromatic carbocycles. The summed E-state index contributed by atoms with van der Waals surface area (Å²) in [5.41, 5.74) is 0. The number of aliphatic carboxylic acids is 1. The molecule has 2 rings (SSSR count). The normalized spacial score (nSPS) is 22.7. The zero-order chi connectivity index (χ0) is 68.3. The Morgan fingerprint density at radius 3 is 1.38 bits per heavy atom. The molecule has 93 heavy (non-hydrogen) atoms. The van der Waals surface area contributed by atoms with Crippen molar-refractivity contribution in [2.75, 3.05) is 26.4 Å². The molecule has 548 valence electrons. The molecule has 2 amide bonds. The molecule has 21 nitrogen and oxygen atoms in total. The van der Waals surface area contributed by atoms with Gasteiger partial charge in [-0.2, -0.15) is 0 Å². The Morgan fingerprint density at radius 1 is 0.495 bits per heavy atom. The van der Waals surface area contributed by atoms with E-state index >= 15 is 0 Å². The van der Waals surface area contributed by atoms with Crippen molar-refractivity contribution in [3.63, 3.8) is 0 Å². The predicted octanol–water partition coefficient (Wildman–Crippen LogP) is 13.4. The van der Waals surface area contributed by atoms with Gasteiger partial charge in [0, 0.05) is 26.4 Å². The van der Waals surface area contributed by atoms with Gasteiger partial charge in [0.1, 0.15) is 48.8 Å². The van der Waals surface area contributed by atoms with Crippen LogP contribution in [0.2, 0.25) is 0 Å². The van der Waals surface area contributed by atoms with E-state index in [9.17, 15) is 59.1 Å². The third-order valence-corrected chi connectivity index (χ3v) is 18.8. The fraction of sp³-hybridized carbons (Fsp3) is 0.944. The number of carboxylic acids is 1. The highest BCUT2D eigenvalue weighted by molar-refractivity contribution is 7.46. The summed E-state index contributed by atoms with van der Waals surface area (Å²) in [5.74, 6) is -3.18. The summed E-state index contributed by atoms with van der Waals surface area (Å²) in [6.07, 6.45) is 28.4. The maximum atomic E-state index is 13.7. The van der Waals surface area contributed by atoms with E-state index < -0.39 is 118 Å². The summed E-state index contributed by atoms with van der Waals surface area (Å²) in [5, 5.41) is 60.9. The first-order valence-corrected chi connectivity index (χ1v) is 39.0. The zero-order valence-electron chi connectivity index (χ0n) is 58.6. The van der Waals surface area contributed by atoms with E-state index in [4.69, 9.17) is 32.9 Å². The lowest BCUT2D eigenvalue weighted by Crippen LogP contribution is -2.68. The van der Waals surface area contributed by atoms with Gasteiger partial charge in [-0.05, 0) is 38.5 Å². The number of esters is 1. The van der Waals surface area contributed by atoms with Crippen LogP contribution in [0.15, 0.2) is 0 Å². The number of rotatable bonds is 62. The van der Waals surface area contributed by atoms with E-state index in [1.165, 1.54) is 135 Å². The predicted molar refractivity (Wildman–Crippen MR) is 362 cm³/mol. The molecule has 2 fully saturated rings. The Hall–Kier alpha value is -2.37. The minimum atomic E-state index is -5.35. The Bertz CT molecular complexity index is 1900. The molecule has 22 heteroatoms. The molecule has 0 aromatic rings. The largest absolute Gasteiger partial charge is 0.479 e. The third-order valence-electron chi connectivity index (χ3n) is 18.3. The van der Waals surface area contributed by atoms with Crippen molar-refractivity contribution in [2.45, 2.75) is 403 Å². The average molecular weight is 1350 g/mol. The number of aliphatic hydroxyl groups excluding tert-OH is 4. The smallest absolute Gasteiger partial charge is 0.470 e. The number of carboxylic acid groups (broad SMARTS) is 1. The molecule has 2 aliphatic rings. The van der Waals surface area contributed by atoms with E-state index in [1.54, 1.807) is 0 Å². The summed E-state index contributed by atoms with van der Waals surface area (Å²) in [6.45, 7) is 8.13. The van der Waals surface area contributed by atoms with Gasteiger partial charge in [-0.15, -0.1) is 0 Å². The molecule has 0 unspecified atom stereocenters. The van der Waals surface area contributed by atoms with Gasteiger partial charge in [-0.1, -0.05) is 259 Å². The summed E-state index contributed by atoms with van der Waals surface area (Å²) < 4.78 is 55.0. The minimum absolute atomic E-state index is 0.135. The number of amides is 2. The average Bonchev–Trinajstić information content (AvgIpc) is 1.18. The number of aliphatic hydroxyl groups is 4. The number of nitrogens with one attached hydrogen (secondary N) is 2. The first-order chi connectivity index (χ1) is 44.9. The number of hydrogen-bond donors (Lipinski definition) is 9. The van der Waals surface area contributed by atoms with Crippen LogP contribution in [0.5, 0.6) is 0 Å². The number of carbonyl (C=O) groups excluding carboxylic acids is 3. The second kappa shape index (κ2) is 55.5. The van der Waals surface area contributed by atoms with Crippen LogP contribution in [0, 0.1) is 0 Å². The number of ether oxygens (including phenoxy) is 6. The lowest BCUT2D eigenvalue weighted by atomic mass is 9.91. The third kappa shape index (κ3) is 42.3. The Morgan fingerprint density at radius 2 is 0.925 bits per heavy atom. The van der Waals surface area contributed by atoms with Crippen LogP contribution < -0.4 is 10.6 Å². The van der Waals surface area contributed by atoms with Crippen LogP contribution in [0.1, 0.15) is 324 Å². The van der Waals surface area contributed by atoms with Crippen LogP contribution in [-0.2, 0) is 56.7 Å². The van der Waals surface area contributed by atoms with Crippen molar-refractivity contribution in [3.05, 3.63) is 0 Å². The highest BCUT2D eigenvalue weighted by Gasteiger charge is 2.53. The first-order valence-electron chi connectivity index (χ1n) is 37.4. The van der Waals surface area contributed by atoms with Crippen LogP contribution >= 0.6 is 7.82 Å². The van der Waals surface area contributed by atoms with Crippen molar-refractivity contribution in [1.82, 2.24) is 10.6 Å². The first kappa shape index (κ1) is 86.7. The molecular weight excluding hydrogens is 1220 g/mol. The molecule has 0 bridgehead atoms. The molecular formula is C71H135N2O19P.